The van der Waals surface area contributed by atoms with Crippen molar-refractivity contribution in [2.45, 2.75) is 26.3 Å². The SMILES string of the molecule is Cc1ccc(NC(=O)CCN=C(N)NC(C)c2ccc(Cl)cc2Cl)nc1.I. The standard InChI is InChI=1S/C18H21Cl2N5O.HI/c1-11-3-6-16(23-10-11)25-17(26)7-8-22-18(21)24-12(2)14-5-4-13(19)9-15(14)20;/h3-6,9-10,12H,7-8H2,1-2H3,(H3,21,22,24)(H,23,25,26);1H. The van der Waals surface area contributed by atoms with E-state index in [-0.39, 0.29) is 54.9 Å². The molecular weight excluding hydrogens is 500 g/mol. The van der Waals surface area contributed by atoms with Crippen LogP contribution in [0.15, 0.2) is 41.5 Å². The molecule has 0 saturated carbocycles. The average Bonchev–Trinajstić information content (AvgIpc) is 2.56. The molecule has 0 radical (unpaired) electrons. The zero-order valence-corrected chi connectivity index (χ0v) is 18.8. The highest BCUT2D eigenvalue weighted by molar-refractivity contribution is 14.0. The van der Waals surface area contributed by atoms with E-state index >= 15 is 0 Å². The number of nitrogens with zero attached hydrogens (tertiary/aromatic N) is 2. The first kappa shape index (κ1) is 23.5. The first-order chi connectivity index (χ1) is 12.3. The summed E-state index contributed by atoms with van der Waals surface area (Å²) in [4.78, 5) is 20.2. The van der Waals surface area contributed by atoms with Crippen LogP contribution in [-0.4, -0.2) is 23.4 Å². The molecule has 6 nitrogen and oxygen atoms in total. The van der Waals surface area contributed by atoms with Crippen LogP contribution >= 0.6 is 47.2 Å². The number of halogens is 3. The van der Waals surface area contributed by atoms with Gasteiger partial charge in [-0.25, -0.2) is 4.98 Å². The lowest BCUT2D eigenvalue weighted by Crippen LogP contribution is -2.34. The van der Waals surface area contributed by atoms with Gasteiger partial charge in [0.1, 0.15) is 5.82 Å². The monoisotopic (exact) mass is 521 g/mol. The number of aliphatic imine (C=N–C) groups is 1. The molecule has 9 heteroatoms. The van der Waals surface area contributed by atoms with Crippen molar-refractivity contribution in [1.29, 1.82) is 0 Å². The van der Waals surface area contributed by atoms with Gasteiger partial charge >= 0.3 is 0 Å². The Bertz CT molecular complexity index is 799. The Morgan fingerprint density at radius 3 is 2.67 bits per heavy atom. The molecule has 0 aliphatic heterocycles. The fourth-order valence-corrected chi connectivity index (χ4v) is 2.80. The molecular formula is C18H22Cl2IN5O. The third-order valence-electron chi connectivity index (χ3n) is 3.59. The second-order valence-electron chi connectivity index (χ2n) is 5.82. The van der Waals surface area contributed by atoms with Gasteiger partial charge in [0.15, 0.2) is 5.96 Å². The third kappa shape index (κ3) is 7.90. The van der Waals surface area contributed by atoms with E-state index in [0.29, 0.717) is 15.9 Å². The Morgan fingerprint density at radius 2 is 2.04 bits per heavy atom. The van der Waals surface area contributed by atoms with Crippen LogP contribution in [0.4, 0.5) is 5.82 Å². The fraction of sp³-hybridized carbons (Fsp3) is 0.278. The molecule has 146 valence electrons. The van der Waals surface area contributed by atoms with Crippen molar-refractivity contribution in [3.8, 4) is 0 Å². The molecule has 1 atom stereocenters. The highest BCUT2D eigenvalue weighted by Crippen LogP contribution is 2.25. The minimum absolute atomic E-state index is 0. The molecule has 0 saturated heterocycles. The van der Waals surface area contributed by atoms with Crippen LogP contribution in [0.25, 0.3) is 0 Å². The maximum atomic E-state index is 11.9. The van der Waals surface area contributed by atoms with Crippen LogP contribution in [0.5, 0.6) is 0 Å². The second kappa shape index (κ2) is 11.3. The van der Waals surface area contributed by atoms with Gasteiger partial charge in [-0.15, -0.1) is 24.0 Å². The van der Waals surface area contributed by atoms with Crippen LogP contribution in [-0.2, 0) is 4.79 Å². The van der Waals surface area contributed by atoms with Gasteiger partial charge in [-0.05, 0) is 43.2 Å². The molecule has 1 aromatic carbocycles. The Morgan fingerprint density at radius 1 is 1.30 bits per heavy atom. The number of aromatic nitrogens is 1. The summed E-state index contributed by atoms with van der Waals surface area (Å²) in [5.41, 5.74) is 7.76. The molecule has 0 bridgehead atoms. The number of nitrogens with one attached hydrogen (secondary N) is 2. The van der Waals surface area contributed by atoms with Crippen LogP contribution in [0.1, 0.15) is 30.5 Å². The first-order valence-corrected chi connectivity index (χ1v) is 8.84. The van der Waals surface area contributed by atoms with E-state index in [4.69, 9.17) is 28.9 Å². The number of amides is 1. The van der Waals surface area contributed by atoms with E-state index in [2.05, 4.69) is 20.6 Å². The van der Waals surface area contributed by atoms with Crippen molar-refractivity contribution >= 4 is 64.9 Å². The lowest BCUT2D eigenvalue weighted by Gasteiger charge is -2.16. The summed E-state index contributed by atoms with van der Waals surface area (Å²) < 4.78 is 0. The van der Waals surface area contributed by atoms with E-state index in [0.717, 1.165) is 11.1 Å². The van der Waals surface area contributed by atoms with Crippen molar-refractivity contribution in [3.63, 3.8) is 0 Å². The van der Waals surface area contributed by atoms with Crippen molar-refractivity contribution in [3.05, 3.63) is 57.7 Å². The molecule has 0 aliphatic rings. The van der Waals surface area contributed by atoms with Crippen molar-refractivity contribution in [2.75, 3.05) is 11.9 Å². The number of carbonyl (C=O) groups excluding carboxylic acids is 1. The first-order valence-electron chi connectivity index (χ1n) is 8.09. The van der Waals surface area contributed by atoms with Gasteiger partial charge in [0.05, 0.1) is 12.6 Å². The van der Waals surface area contributed by atoms with E-state index < -0.39 is 0 Å². The maximum Gasteiger partial charge on any atom is 0.227 e. The van der Waals surface area contributed by atoms with Gasteiger partial charge in [-0.1, -0.05) is 35.3 Å². The quantitative estimate of drug-likeness (QED) is 0.300. The van der Waals surface area contributed by atoms with Gasteiger partial charge in [-0.3, -0.25) is 9.79 Å². The summed E-state index contributed by atoms with van der Waals surface area (Å²) in [5.74, 6) is 0.582. The molecule has 1 amide bonds. The molecule has 4 N–H and O–H groups in total. The van der Waals surface area contributed by atoms with Crippen molar-refractivity contribution < 1.29 is 4.79 Å². The van der Waals surface area contributed by atoms with Crippen LogP contribution in [0.3, 0.4) is 0 Å². The lowest BCUT2D eigenvalue weighted by atomic mass is 10.1. The maximum absolute atomic E-state index is 11.9. The summed E-state index contributed by atoms with van der Waals surface area (Å²) in [5, 5.41) is 6.88. The zero-order valence-electron chi connectivity index (χ0n) is 15.0. The summed E-state index contributed by atoms with van der Waals surface area (Å²) in [6.07, 6.45) is 1.90. The van der Waals surface area contributed by atoms with E-state index in [1.807, 2.05) is 26.0 Å². The van der Waals surface area contributed by atoms with E-state index in [9.17, 15) is 4.79 Å². The number of rotatable bonds is 6. The Kier molecular flexibility index (Phi) is 9.82. The minimum atomic E-state index is -0.174. The molecule has 27 heavy (non-hydrogen) atoms. The largest absolute Gasteiger partial charge is 0.370 e. The van der Waals surface area contributed by atoms with Crippen molar-refractivity contribution in [1.82, 2.24) is 10.3 Å². The molecule has 1 heterocycles. The molecule has 0 fully saturated rings. The van der Waals surface area contributed by atoms with Gasteiger partial charge in [0, 0.05) is 22.7 Å². The lowest BCUT2D eigenvalue weighted by molar-refractivity contribution is -0.116. The smallest absolute Gasteiger partial charge is 0.227 e. The van der Waals surface area contributed by atoms with Crippen molar-refractivity contribution in [2.24, 2.45) is 10.7 Å². The van der Waals surface area contributed by atoms with E-state index in [1.54, 1.807) is 24.4 Å². The van der Waals surface area contributed by atoms with Crippen LogP contribution in [0, 0.1) is 6.92 Å². The second-order valence-corrected chi connectivity index (χ2v) is 6.66. The summed E-state index contributed by atoms with van der Waals surface area (Å²) in [7, 11) is 0. The third-order valence-corrected chi connectivity index (χ3v) is 4.16. The Hall–Kier alpha value is -1.58. The number of carbonyl (C=O) groups is 1. The number of hydrogen-bond donors (Lipinski definition) is 3. The molecule has 0 spiro atoms. The minimum Gasteiger partial charge on any atom is -0.370 e. The number of nitrogens with two attached hydrogens (primary N) is 1. The van der Waals surface area contributed by atoms with Gasteiger partial charge in [-0.2, -0.15) is 0 Å². The zero-order chi connectivity index (χ0) is 19.1. The summed E-state index contributed by atoms with van der Waals surface area (Å²) in [6.45, 7) is 4.10. The van der Waals surface area contributed by atoms with Crippen LogP contribution < -0.4 is 16.4 Å². The molecule has 1 unspecified atom stereocenters. The number of hydrogen-bond acceptors (Lipinski definition) is 3. The molecule has 2 rings (SSSR count). The van der Waals surface area contributed by atoms with Crippen LogP contribution in [0.2, 0.25) is 10.0 Å². The fourth-order valence-electron chi connectivity index (χ4n) is 2.22. The average molecular weight is 522 g/mol. The molecule has 2 aromatic rings. The highest BCUT2D eigenvalue weighted by Gasteiger charge is 2.11. The number of guanidine groups is 1. The predicted octanol–water partition coefficient (Wildman–Crippen LogP) is 4.31. The normalized spacial score (nSPS) is 12.1. The highest BCUT2D eigenvalue weighted by atomic mass is 127. The molecule has 0 aliphatic carbocycles. The van der Waals surface area contributed by atoms with Gasteiger partial charge < -0.3 is 16.4 Å². The predicted molar refractivity (Wildman–Crippen MR) is 122 cm³/mol. The number of benzene rings is 1. The molecule has 1 aromatic heterocycles. The Labute approximate surface area is 186 Å². The number of anilines is 1. The topological polar surface area (TPSA) is 92.4 Å². The number of aryl methyl sites for hydroxylation is 1. The van der Waals surface area contributed by atoms with E-state index in [1.165, 1.54) is 0 Å². The number of pyridine rings is 1. The summed E-state index contributed by atoms with van der Waals surface area (Å²) in [6, 6.07) is 8.76. The Balaban J connectivity index is 0.00000364. The van der Waals surface area contributed by atoms with Gasteiger partial charge in [0.25, 0.3) is 0 Å². The summed E-state index contributed by atoms with van der Waals surface area (Å²) >= 11 is 12.1. The van der Waals surface area contributed by atoms with Gasteiger partial charge in [0.2, 0.25) is 5.91 Å².